The fourth-order valence-electron chi connectivity index (χ4n) is 3.50. The van der Waals surface area contributed by atoms with Crippen molar-refractivity contribution in [1.82, 2.24) is 15.3 Å². The molecule has 8 heteroatoms. The zero-order chi connectivity index (χ0) is 19.2. The van der Waals surface area contributed by atoms with Crippen LogP contribution in [0.4, 0.5) is 10.1 Å². The molecule has 0 atom stereocenters. The van der Waals surface area contributed by atoms with E-state index in [1.165, 1.54) is 23.1 Å². The van der Waals surface area contributed by atoms with Gasteiger partial charge < -0.3 is 15.2 Å². The van der Waals surface area contributed by atoms with E-state index in [0.717, 1.165) is 38.5 Å². The molecule has 2 N–H and O–H groups in total. The number of aromatic nitrogens is 2. The summed E-state index contributed by atoms with van der Waals surface area (Å²) in [6.45, 7) is 0.531. The van der Waals surface area contributed by atoms with Crippen LogP contribution in [0, 0.1) is 11.7 Å². The minimum absolute atomic E-state index is 0.146. The first-order valence-corrected chi connectivity index (χ1v) is 9.42. The van der Waals surface area contributed by atoms with E-state index < -0.39 is 5.82 Å². The maximum absolute atomic E-state index is 13.2. The molecule has 0 aliphatic heterocycles. The lowest BCUT2D eigenvalue weighted by Crippen LogP contribution is -2.38. The summed E-state index contributed by atoms with van der Waals surface area (Å²) in [6, 6.07) is 4.17. The molecular weight excluding hydrogens is 371 g/mol. The molecule has 1 heterocycles. The lowest BCUT2D eigenvalue weighted by molar-refractivity contribution is -0.107. The van der Waals surface area contributed by atoms with Crippen molar-refractivity contribution >= 4 is 29.6 Å². The molecule has 144 valence electrons. The number of rotatable bonds is 7. The number of hydrogen-bond donors (Lipinski definition) is 2. The molecule has 6 nitrogen and oxygen atoms in total. The number of nitrogens with one attached hydrogen (secondary N) is 2. The van der Waals surface area contributed by atoms with E-state index in [0.29, 0.717) is 24.0 Å². The Labute approximate surface area is 162 Å². The molecular formula is C19H22ClFN4O2. The maximum Gasteiger partial charge on any atom is 0.287 e. The molecule has 1 saturated carbocycles. The molecule has 2 amide bonds. The number of aromatic amines is 1. The Balaban J connectivity index is 1.46. The van der Waals surface area contributed by atoms with Gasteiger partial charge in [-0.25, -0.2) is 9.37 Å². The second-order valence-corrected chi connectivity index (χ2v) is 7.22. The Hall–Kier alpha value is -2.41. The standard InChI is InChI=1S/C19H22ClFN4O2/c20-16-11-14(21)3-6-17(16)25(12-26)10-7-13-1-4-15(5-2-13)24-19(27)18-22-8-9-23-18/h3,6,8-9,11-13,15H,1-2,4-5,7,10H2,(H,22,23)(H,24,27). The number of anilines is 1. The zero-order valence-corrected chi connectivity index (χ0v) is 15.6. The SMILES string of the molecule is O=CN(CCC1CCC(NC(=O)c2ncc[nH]2)CC1)c1ccc(F)cc1Cl. The molecule has 1 aromatic heterocycles. The van der Waals surface area contributed by atoms with Gasteiger partial charge in [0.25, 0.3) is 5.91 Å². The summed E-state index contributed by atoms with van der Waals surface area (Å²) in [5.41, 5.74) is 0.521. The van der Waals surface area contributed by atoms with Crippen molar-refractivity contribution in [1.29, 1.82) is 0 Å². The van der Waals surface area contributed by atoms with Gasteiger partial charge in [-0.1, -0.05) is 11.6 Å². The molecule has 3 rings (SSSR count). The van der Waals surface area contributed by atoms with Crippen LogP contribution >= 0.6 is 11.6 Å². The van der Waals surface area contributed by atoms with E-state index in [9.17, 15) is 14.0 Å². The first-order chi connectivity index (χ1) is 13.1. The van der Waals surface area contributed by atoms with Gasteiger partial charge in [0.15, 0.2) is 5.82 Å². The van der Waals surface area contributed by atoms with E-state index in [1.54, 1.807) is 12.4 Å². The van der Waals surface area contributed by atoms with E-state index in [2.05, 4.69) is 15.3 Å². The molecule has 1 fully saturated rings. The number of hydrogen-bond acceptors (Lipinski definition) is 3. The summed E-state index contributed by atoms with van der Waals surface area (Å²) < 4.78 is 13.2. The Morgan fingerprint density at radius 2 is 2.15 bits per heavy atom. The summed E-state index contributed by atoms with van der Waals surface area (Å²) in [7, 11) is 0. The summed E-state index contributed by atoms with van der Waals surface area (Å²) in [4.78, 5) is 31.7. The van der Waals surface area contributed by atoms with E-state index in [-0.39, 0.29) is 17.0 Å². The number of carbonyl (C=O) groups is 2. The molecule has 0 radical (unpaired) electrons. The first kappa shape index (κ1) is 19.4. The fourth-order valence-corrected chi connectivity index (χ4v) is 3.78. The number of amides is 2. The Bertz CT molecular complexity index is 776. The van der Waals surface area contributed by atoms with Gasteiger partial charge in [0.05, 0.1) is 10.7 Å². The Morgan fingerprint density at radius 1 is 1.37 bits per heavy atom. The highest BCUT2D eigenvalue weighted by molar-refractivity contribution is 6.33. The number of benzene rings is 1. The van der Waals surface area contributed by atoms with Gasteiger partial charge in [-0.15, -0.1) is 0 Å². The molecule has 27 heavy (non-hydrogen) atoms. The van der Waals surface area contributed by atoms with Crippen molar-refractivity contribution in [3.05, 3.63) is 47.3 Å². The Morgan fingerprint density at radius 3 is 2.78 bits per heavy atom. The van der Waals surface area contributed by atoms with Crippen LogP contribution in [-0.2, 0) is 4.79 Å². The van der Waals surface area contributed by atoms with Crippen LogP contribution in [0.5, 0.6) is 0 Å². The molecule has 0 bridgehead atoms. The molecule has 0 spiro atoms. The van der Waals surface area contributed by atoms with Crippen molar-refractivity contribution in [2.45, 2.75) is 38.1 Å². The highest BCUT2D eigenvalue weighted by Crippen LogP contribution is 2.30. The van der Waals surface area contributed by atoms with Gasteiger partial charge in [-0.05, 0) is 56.2 Å². The summed E-state index contributed by atoms with van der Waals surface area (Å²) >= 11 is 6.05. The van der Waals surface area contributed by atoms with Gasteiger partial charge in [0.1, 0.15) is 5.82 Å². The lowest BCUT2D eigenvalue weighted by atomic mass is 9.84. The third-order valence-electron chi connectivity index (χ3n) is 5.02. The van der Waals surface area contributed by atoms with Gasteiger partial charge in [-0.2, -0.15) is 0 Å². The molecule has 0 unspecified atom stereocenters. The summed E-state index contributed by atoms with van der Waals surface area (Å²) in [5.74, 6) is 0.199. The highest BCUT2D eigenvalue weighted by atomic mass is 35.5. The topological polar surface area (TPSA) is 78.1 Å². The third kappa shape index (κ3) is 5.07. The van der Waals surface area contributed by atoms with Crippen LogP contribution in [0.2, 0.25) is 5.02 Å². The van der Waals surface area contributed by atoms with Crippen molar-refractivity contribution in [3.8, 4) is 0 Å². The predicted molar refractivity (Wildman–Crippen MR) is 101 cm³/mol. The van der Waals surface area contributed by atoms with Gasteiger partial charge >= 0.3 is 0 Å². The number of carbonyl (C=O) groups excluding carboxylic acids is 2. The zero-order valence-electron chi connectivity index (χ0n) is 14.8. The maximum atomic E-state index is 13.2. The largest absolute Gasteiger partial charge is 0.347 e. The van der Waals surface area contributed by atoms with Crippen LogP contribution < -0.4 is 10.2 Å². The fraction of sp³-hybridized carbons (Fsp3) is 0.421. The normalized spacial score (nSPS) is 19.5. The number of imidazole rings is 1. The second kappa shape index (κ2) is 8.99. The molecule has 0 saturated heterocycles. The monoisotopic (exact) mass is 392 g/mol. The van der Waals surface area contributed by atoms with E-state index in [4.69, 9.17) is 11.6 Å². The first-order valence-electron chi connectivity index (χ1n) is 9.04. The third-order valence-corrected chi connectivity index (χ3v) is 5.32. The molecule has 1 aliphatic rings. The van der Waals surface area contributed by atoms with E-state index >= 15 is 0 Å². The van der Waals surface area contributed by atoms with Gasteiger partial charge in [0, 0.05) is 25.0 Å². The van der Waals surface area contributed by atoms with Crippen molar-refractivity contribution < 1.29 is 14.0 Å². The average molecular weight is 393 g/mol. The second-order valence-electron chi connectivity index (χ2n) is 6.81. The number of H-pyrrole nitrogens is 1. The quantitative estimate of drug-likeness (QED) is 0.707. The van der Waals surface area contributed by atoms with Crippen LogP contribution in [0.3, 0.4) is 0 Å². The van der Waals surface area contributed by atoms with Crippen LogP contribution in [0.25, 0.3) is 0 Å². The molecule has 2 aromatic rings. The van der Waals surface area contributed by atoms with Crippen LogP contribution in [0.1, 0.15) is 42.7 Å². The number of nitrogens with zero attached hydrogens (tertiary/aromatic N) is 2. The van der Waals surface area contributed by atoms with Crippen molar-refractivity contribution in [2.24, 2.45) is 5.92 Å². The predicted octanol–water partition coefficient (Wildman–Crippen LogP) is 3.54. The average Bonchev–Trinajstić information content (AvgIpc) is 3.20. The van der Waals surface area contributed by atoms with E-state index in [1.807, 2.05) is 0 Å². The number of halogens is 2. The minimum Gasteiger partial charge on any atom is -0.347 e. The van der Waals surface area contributed by atoms with Crippen molar-refractivity contribution in [2.75, 3.05) is 11.4 Å². The highest BCUT2D eigenvalue weighted by Gasteiger charge is 2.24. The smallest absolute Gasteiger partial charge is 0.287 e. The van der Waals surface area contributed by atoms with Gasteiger partial charge in [-0.3, -0.25) is 9.59 Å². The van der Waals surface area contributed by atoms with Gasteiger partial charge in [0.2, 0.25) is 6.41 Å². The lowest BCUT2D eigenvalue weighted by Gasteiger charge is -2.30. The summed E-state index contributed by atoms with van der Waals surface area (Å²) in [6.07, 6.45) is 8.50. The minimum atomic E-state index is -0.426. The van der Waals surface area contributed by atoms with Crippen molar-refractivity contribution in [3.63, 3.8) is 0 Å². The Kier molecular flexibility index (Phi) is 6.45. The van der Waals surface area contributed by atoms with Crippen LogP contribution in [0.15, 0.2) is 30.6 Å². The molecule has 1 aliphatic carbocycles. The summed E-state index contributed by atoms with van der Waals surface area (Å²) in [5, 5.41) is 3.23. The molecule has 1 aromatic carbocycles. The van der Waals surface area contributed by atoms with Crippen LogP contribution in [-0.4, -0.2) is 34.9 Å².